The van der Waals surface area contributed by atoms with Crippen LogP contribution in [0.4, 0.5) is 0 Å². The van der Waals surface area contributed by atoms with Crippen molar-refractivity contribution in [1.29, 1.82) is 0 Å². The summed E-state index contributed by atoms with van der Waals surface area (Å²) in [5, 5.41) is 0. The van der Waals surface area contributed by atoms with Crippen LogP contribution in [-0.4, -0.2) is 9.97 Å². The smallest absolute Gasteiger partial charge is 0.144 e. The van der Waals surface area contributed by atoms with Crippen LogP contribution in [0, 0.1) is 10.6 Å². The molecule has 1 aliphatic carbocycles. The minimum atomic E-state index is 0.437. The van der Waals surface area contributed by atoms with Gasteiger partial charge in [0.2, 0.25) is 0 Å². The molecule has 1 aromatic heterocycles. The molecule has 17 heavy (non-hydrogen) atoms. The van der Waals surface area contributed by atoms with Crippen LogP contribution in [0.5, 0.6) is 0 Å². The fourth-order valence-electron chi connectivity index (χ4n) is 2.54. The van der Waals surface area contributed by atoms with E-state index < -0.39 is 0 Å². The van der Waals surface area contributed by atoms with Crippen molar-refractivity contribution in [1.82, 2.24) is 9.97 Å². The van der Waals surface area contributed by atoms with Gasteiger partial charge >= 0.3 is 0 Å². The van der Waals surface area contributed by atoms with Gasteiger partial charge in [-0.25, -0.2) is 4.98 Å². The highest BCUT2D eigenvalue weighted by Crippen LogP contribution is 2.37. The van der Waals surface area contributed by atoms with Crippen LogP contribution in [0.1, 0.15) is 63.4 Å². The SMILES string of the molecule is CC1CCC(c2nc(=S)c(Br)c(C(C)C)[nH]2)C1. The first-order chi connectivity index (χ1) is 7.99. The van der Waals surface area contributed by atoms with E-state index in [-0.39, 0.29) is 0 Å². The minimum Gasteiger partial charge on any atom is -0.346 e. The Kier molecular flexibility index (Phi) is 4.03. The summed E-state index contributed by atoms with van der Waals surface area (Å²) >= 11 is 8.87. The number of halogens is 1. The predicted octanol–water partition coefficient (Wildman–Crippen LogP) is 4.93. The monoisotopic (exact) mass is 314 g/mol. The van der Waals surface area contributed by atoms with Crippen molar-refractivity contribution >= 4 is 28.1 Å². The molecule has 2 nitrogen and oxygen atoms in total. The number of aromatic amines is 1. The molecule has 0 aromatic carbocycles. The van der Waals surface area contributed by atoms with E-state index in [1.165, 1.54) is 25.0 Å². The summed E-state index contributed by atoms with van der Waals surface area (Å²) in [4.78, 5) is 8.04. The van der Waals surface area contributed by atoms with E-state index in [0.29, 0.717) is 16.5 Å². The average molecular weight is 315 g/mol. The molecule has 4 heteroatoms. The third kappa shape index (κ3) is 2.79. The molecular formula is C13H19BrN2S. The van der Waals surface area contributed by atoms with E-state index >= 15 is 0 Å². The van der Waals surface area contributed by atoms with E-state index in [1.54, 1.807) is 0 Å². The molecule has 2 rings (SSSR count). The Hall–Kier alpha value is -0.220. The van der Waals surface area contributed by atoms with Crippen molar-refractivity contribution in [3.05, 3.63) is 20.6 Å². The van der Waals surface area contributed by atoms with E-state index in [9.17, 15) is 0 Å². The Balaban J connectivity index is 2.39. The molecule has 0 radical (unpaired) electrons. The van der Waals surface area contributed by atoms with Crippen LogP contribution >= 0.6 is 28.1 Å². The molecule has 1 aromatic rings. The summed E-state index contributed by atoms with van der Waals surface area (Å²) in [7, 11) is 0. The van der Waals surface area contributed by atoms with Crippen LogP contribution in [0.25, 0.3) is 0 Å². The predicted molar refractivity (Wildman–Crippen MR) is 77.0 cm³/mol. The first-order valence-corrected chi connectivity index (χ1v) is 7.48. The van der Waals surface area contributed by atoms with E-state index in [2.05, 4.69) is 46.7 Å². The summed E-state index contributed by atoms with van der Waals surface area (Å²) in [6.07, 6.45) is 3.77. The molecule has 0 amide bonds. The maximum atomic E-state index is 5.33. The summed E-state index contributed by atoms with van der Waals surface area (Å²) in [6.45, 7) is 6.66. The van der Waals surface area contributed by atoms with Gasteiger partial charge in [-0.05, 0) is 47.0 Å². The maximum Gasteiger partial charge on any atom is 0.144 e. The first kappa shape index (κ1) is 13.2. The zero-order valence-electron chi connectivity index (χ0n) is 10.6. The highest BCUT2D eigenvalue weighted by Gasteiger charge is 2.25. The lowest BCUT2D eigenvalue weighted by molar-refractivity contribution is 0.581. The van der Waals surface area contributed by atoms with Crippen LogP contribution in [-0.2, 0) is 0 Å². The maximum absolute atomic E-state index is 5.33. The number of hydrogen-bond donors (Lipinski definition) is 1. The fraction of sp³-hybridized carbons (Fsp3) is 0.692. The van der Waals surface area contributed by atoms with Gasteiger partial charge in [0, 0.05) is 11.6 Å². The number of hydrogen-bond acceptors (Lipinski definition) is 2. The van der Waals surface area contributed by atoms with Crippen molar-refractivity contribution in [2.45, 2.75) is 51.9 Å². The molecule has 0 saturated heterocycles. The normalized spacial score (nSPS) is 24.5. The average Bonchev–Trinajstić information content (AvgIpc) is 2.68. The summed E-state index contributed by atoms with van der Waals surface area (Å²) in [5.74, 6) is 2.91. The lowest BCUT2D eigenvalue weighted by Gasteiger charge is -2.15. The summed E-state index contributed by atoms with van der Waals surface area (Å²) in [6, 6.07) is 0. The molecule has 2 unspecified atom stereocenters. The van der Waals surface area contributed by atoms with Gasteiger partial charge in [-0.3, -0.25) is 0 Å². The largest absolute Gasteiger partial charge is 0.346 e. The summed E-state index contributed by atoms with van der Waals surface area (Å²) in [5.41, 5.74) is 1.18. The van der Waals surface area contributed by atoms with E-state index in [4.69, 9.17) is 12.2 Å². The number of rotatable bonds is 2. The Morgan fingerprint density at radius 3 is 2.65 bits per heavy atom. The van der Waals surface area contributed by atoms with Gasteiger partial charge in [-0.2, -0.15) is 0 Å². The molecule has 2 atom stereocenters. The molecule has 0 bridgehead atoms. The van der Waals surface area contributed by atoms with Gasteiger partial charge in [0.1, 0.15) is 10.5 Å². The Bertz CT molecular complexity index is 467. The molecule has 0 aliphatic heterocycles. The third-order valence-electron chi connectivity index (χ3n) is 3.57. The van der Waals surface area contributed by atoms with Crippen LogP contribution < -0.4 is 0 Å². The molecule has 1 fully saturated rings. The Labute approximate surface area is 116 Å². The van der Waals surface area contributed by atoms with Crippen molar-refractivity contribution in [2.24, 2.45) is 5.92 Å². The highest BCUT2D eigenvalue weighted by atomic mass is 79.9. The van der Waals surface area contributed by atoms with Gasteiger partial charge in [-0.1, -0.05) is 33.0 Å². The van der Waals surface area contributed by atoms with Gasteiger partial charge < -0.3 is 4.98 Å². The topological polar surface area (TPSA) is 28.7 Å². The quantitative estimate of drug-likeness (QED) is 0.784. The molecule has 1 N–H and O–H groups in total. The van der Waals surface area contributed by atoms with E-state index in [1.807, 2.05) is 0 Å². The van der Waals surface area contributed by atoms with E-state index in [0.717, 1.165) is 16.2 Å². The van der Waals surface area contributed by atoms with Gasteiger partial charge in [-0.15, -0.1) is 0 Å². The molecule has 1 aliphatic rings. The number of H-pyrrole nitrogens is 1. The van der Waals surface area contributed by atoms with Crippen molar-refractivity contribution < 1.29 is 0 Å². The van der Waals surface area contributed by atoms with Crippen LogP contribution in [0.2, 0.25) is 0 Å². The molecule has 1 heterocycles. The van der Waals surface area contributed by atoms with Crippen LogP contribution in [0.3, 0.4) is 0 Å². The number of nitrogens with zero attached hydrogens (tertiary/aromatic N) is 1. The highest BCUT2D eigenvalue weighted by molar-refractivity contribution is 9.10. The molecule has 1 saturated carbocycles. The molecule has 94 valence electrons. The second-order valence-electron chi connectivity index (χ2n) is 5.42. The van der Waals surface area contributed by atoms with Crippen molar-refractivity contribution in [3.8, 4) is 0 Å². The third-order valence-corrected chi connectivity index (χ3v) is 4.93. The molecular weight excluding hydrogens is 296 g/mol. The summed E-state index contributed by atoms with van der Waals surface area (Å²) < 4.78 is 1.65. The minimum absolute atomic E-state index is 0.437. The van der Waals surface area contributed by atoms with Crippen molar-refractivity contribution in [2.75, 3.05) is 0 Å². The number of aromatic nitrogens is 2. The lowest BCUT2D eigenvalue weighted by atomic mass is 10.0. The van der Waals surface area contributed by atoms with Crippen LogP contribution in [0.15, 0.2) is 4.47 Å². The second kappa shape index (κ2) is 5.19. The zero-order chi connectivity index (χ0) is 12.6. The standard InChI is InChI=1S/C13H19BrN2S/c1-7(2)11-10(14)13(17)16-12(15-11)9-5-4-8(3)6-9/h7-9H,4-6H2,1-3H3,(H,15,16,17). The van der Waals surface area contributed by atoms with Gasteiger partial charge in [0.25, 0.3) is 0 Å². The zero-order valence-corrected chi connectivity index (χ0v) is 13.0. The Morgan fingerprint density at radius 1 is 1.41 bits per heavy atom. The van der Waals surface area contributed by atoms with Gasteiger partial charge in [0.05, 0.1) is 4.47 Å². The second-order valence-corrected chi connectivity index (χ2v) is 6.60. The first-order valence-electron chi connectivity index (χ1n) is 6.28. The Morgan fingerprint density at radius 2 is 2.12 bits per heavy atom. The van der Waals surface area contributed by atoms with Gasteiger partial charge in [0.15, 0.2) is 0 Å². The fourth-order valence-corrected chi connectivity index (χ4v) is 3.39. The lowest BCUT2D eigenvalue weighted by Crippen LogP contribution is -2.06. The number of nitrogens with one attached hydrogen (secondary N) is 1. The van der Waals surface area contributed by atoms with Crippen molar-refractivity contribution in [3.63, 3.8) is 0 Å². The molecule has 0 spiro atoms.